The third kappa shape index (κ3) is 3.42. The van der Waals surface area contributed by atoms with Crippen LogP contribution in [0.4, 0.5) is 8.78 Å². The molecule has 1 aromatic rings. The molecule has 0 N–H and O–H groups in total. The van der Waals surface area contributed by atoms with E-state index in [-0.39, 0.29) is 11.5 Å². The number of rotatable bonds is 3. The first-order chi connectivity index (χ1) is 7.20. The van der Waals surface area contributed by atoms with Crippen LogP contribution >= 0.6 is 10.7 Å². The van der Waals surface area contributed by atoms with Crippen molar-refractivity contribution in [1.29, 1.82) is 0 Å². The lowest BCUT2D eigenvalue weighted by Crippen LogP contribution is -2.03. The summed E-state index contributed by atoms with van der Waals surface area (Å²) < 4.78 is 48.1. The molecule has 0 heterocycles. The van der Waals surface area contributed by atoms with Crippen LogP contribution in [0.2, 0.25) is 0 Å². The summed E-state index contributed by atoms with van der Waals surface area (Å²) in [5.74, 6) is -2.94. The maximum atomic E-state index is 13.3. The molecule has 90 valence electrons. The average Bonchev–Trinajstić information content (AvgIpc) is 2.10. The third-order valence-electron chi connectivity index (χ3n) is 2.12. The summed E-state index contributed by atoms with van der Waals surface area (Å²) in [7, 11) is 1.11. The summed E-state index contributed by atoms with van der Waals surface area (Å²) in [5.41, 5.74) is 0.299. The average molecular weight is 269 g/mol. The Morgan fingerprint density at radius 2 is 1.88 bits per heavy atom. The molecular weight excluding hydrogens is 258 g/mol. The molecule has 0 unspecified atom stereocenters. The molecule has 0 fully saturated rings. The number of hydrogen-bond donors (Lipinski definition) is 0. The molecule has 2 nitrogen and oxygen atoms in total. The van der Waals surface area contributed by atoms with Gasteiger partial charge in [-0.05, 0) is 17.5 Å². The minimum atomic E-state index is -3.89. The molecule has 0 aliphatic rings. The highest BCUT2D eigenvalue weighted by Crippen LogP contribution is 2.23. The molecule has 0 aromatic heterocycles. The lowest BCUT2D eigenvalue weighted by atomic mass is 10.0. The molecule has 0 radical (unpaired) electrons. The van der Waals surface area contributed by atoms with Gasteiger partial charge in [0.2, 0.25) is 9.05 Å². The lowest BCUT2D eigenvalue weighted by Gasteiger charge is -2.09. The molecular formula is C10H11ClF2O2S. The van der Waals surface area contributed by atoms with E-state index in [0.717, 1.165) is 6.07 Å². The fourth-order valence-electron chi connectivity index (χ4n) is 1.29. The maximum absolute atomic E-state index is 13.3. The third-order valence-corrected chi connectivity index (χ3v) is 3.10. The highest BCUT2D eigenvalue weighted by molar-refractivity contribution is 8.13. The Hall–Kier alpha value is -0.680. The van der Waals surface area contributed by atoms with Gasteiger partial charge in [-0.2, -0.15) is 0 Å². The molecule has 0 amide bonds. The number of halogens is 3. The highest BCUT2D eigenvalue weighted by atomic mass is 35.7. The van der Waals surface area contributed by atoms with Crippen molar-refractivity contribution in [3.63, 3.8) is 0 Å². The van der Waals surface area contributed by atoms with Crippen LogP contribution in [0.1, 0.15) is 30.9 Å². The van der Waals surface area contributed by atoms with E-state index >= 15 is 0 Å². The van der Waals surface area contributed by atoms with Gasteiger partial charge in [-0.25, -0.2) is 17.2 Å². The molecule has 0 aliphatic heterocycles. The predicted octanol–water partition coefficient (Wildman–Crippen LogP) is 3.16. The lowest BCUT2D eigenvalue weighted by molar-refractivity contribution is 0.499. The van der Waals surface area contributed by atoms with Crippen LogP contribution in [-0.2, 0) is 14.8 Å². The van der Waals surface area contributed by atoms with E-state index in [1.54, 1.807) is 13.8 Å². The molecule has 1 aromatic carbocycles. The summed E-state index contributed by atoms with van der Waals surface area (Å²) in [4.78, 5) is 0. The first-order valence-corrected chi connectivity index (χ1v) is 7.08. The maximum Gasteiger partial charge on any atom is 0.236 e. The van der Waals surface area contributed by atoms with Gasteiger partial charge in [0.05, 0.1) is 5.75 Å². The highest BCUT2D eigenvalue weighted by Gasteiger charge is 2.17. The van der Waals surface area contributed by atoms with Crippen molar-refractivity contribution in [3.8, 4) is 0 Å². The van der Waals surface area contributed by atoms with Crippen LogP contribution in [0.25, 0.3) is 0 Å². The monoisotopic (exact) mass is 268 g/mol. The molecule has 1 rings (SSSR count). The summed E-state index contributed by atoms with van der Waals surface area (Å²) in [6.07, 6.45) is 0. The zero-order valence-corrected chi connectivity index (χ0v) is 10.4. The largest absolute Gasteiger partial charge is 0.236 e. The van der Waals surface area contributed by atoms with Crippen LogP contribution in [0.3, 0.4) is 0 Å². The Morgan fingerprint density at radius 1 is 1.31 bits per heavy atom. The molecule has 6 heteroatoms. The zero-order chi connectivity index (χ0) is 12.5. The first-order valence-electron chi connectivity index (χ1n) is 4.61. The Morgan fingerprint density at radius 3 is 2.31 bits per heavy atom. The van der Waals surface area contributed by atoms with Gasteiger partial charge in [0.25, 0.3) is 0 Å². The number of hydrogen-bond acceptors (Lipinski definition) is 2. The van der Waals surface area contributed by atoms with Gasteiger partial charge in [0, 0.05) is 16.2 Å². The van der Waals surface area contributed by atoms with E-state index in [0.29, 0.717) is 5.56 Å². The van der Waals surface area contributed by atoms with E-state index < -0.39 is 26.4 Å². The van der Waals surface area contributed by atoms with Crippen molar-refractivity contribution in [1.82, 2.24) is 0 Å². The standard InChI is InChI=1S/C10H11ClF2O2S/c1-6(2)7-3-8(5-16(11,14)15)10(13)9(12)4-7/h3-4,6H,5H2,1-2H3. The van der Waals surface area contributed by atoms with Crippen LogP contribution < -0.4 is 0 Å². The van der Waals surface area contributed by atoms with Gasteiger partial charge in [-0.1, -0.05) is 19.9 Å². The van der Waals surface area contributed by atoms with Crippen molar-refractivity contribution in [2.45, 2.75) is 25.5 Å². The minimum absolute atomic E-state index is 0.0214. The van der Waals surface area contributed by atoms with Gasteiger partial charge in [0.15, 0.2) is 11.6 Å². The van der Waals surface area contributed by atoms with Gasteiger partial charge < -0.3 is 0 Å². The van der Waals surface area contributed by atoms with Crippen molar-refractivity contribution >= 4 is 19.7 Å². The molecule has 0 aliphatic carbocycles. The normalized spacial score (nSPS) is 12.1. The first kappa shape index (κ1) is 13.4. The van der Waals surface area contributed by atoms with E-state index in [1.807, 2.05) is 0 Å². The fraction of sp³-hybridized carbons (Fsp3) is 0.400. The molecule has 0 saturated carbocycles. The Bertz CT molecular complexity index is 498. The van der Waals surface area contributed by atoms with Gasteiger partial charge >= 0.3 is 0 Å². The summed E-state index contributed by atoms with van der Waals surface area (Å²) >= 11 is 0. The van der Waals surface area contributed by atoms with E-state index in [1.165, 1.54) is 6.07 Å². The van der Waals surface area contributed by atoms with Crippen molar-refractivity contribution in [2.24, 2.45) is 0 Å². The van der Waals surface area contributed by atoms with Crippen LogP contribution in [0, 0.1) is 11.6 Å². The van der Waals surface area contributed by atoms with E-state index in [9.17, 15) is 17.2 Å². The molecule has 16 heavy (non-hydrogen) atoms. The quantitative estimate of drug-likeness (QED) is 0.789. The second-order valence-electron chi connectivity index (χ2n) is 3.81. The predicted molar refractivity (Wildman–Crippen MR) is 58.9 cm³/mol. The van der Waals surface area contributed by atoms with Crippen LogP contribution in [0.15, 0.2) is 12.1 Å². The molecule has 0 saturated heterocycles. The summed E-state index contributed by atoms with van der Waals surface area (Å²) in [5, 5.41) is 0. The molecule has 0 bridgehead atoms. The molecule has 0 spiro atoms. The SMILES string of the molecule is CC(C)c1cc(F)c(F)c(CS(=O)(=O)Cl)c1. The minimum Gasteiger partial charge on any atom is -0.212 e. The Kier molecular flexibility index (Phi) is 3.91. The van der Waals surface area contributed by atoms with Gasteiger partial charge in [-0.15, -0.1) is 0 Å². The van der Waals surface area contributed by atoms with Crippen LogP contribution in [-0.4, -0.2) is 8.42 Å². The van der Waals surface area contributed by atoms with Crippen molar-refractivity contribution < 1.29 is 17.2 Å². The Labute approximate surface area is 97.7 Å². The van der Waals surface area contributed by atoms with Crippen molar-refractivity contribution in [2.75, 3.05) is 0 Å². The van der Waals surface area contributed by atoms with Crippen molar-refractivity contribution in [3.05, 3.63) is 34.9 Å². The second kappa shape index (κ2) is 4.67. The second-order valence-corrected chi connectivity index (χ2v) is 6.59. The summed E-state index contributed by atoms with van der Waals surface area (Å²) in [6, 6.07) is 2.38. The zero-order valence-electron chi connectivity index (χ0n) is 8.80. The van der Waals surface area contributed by atoms with E-state index in [2.05, 4.69) is 0 Å². The van der Waals surface area contributed by atoms with E-state index in [4.69, 9.17) is 10.7 Å². The fourth-order valence-corrected chi connectivity index (χ4v) is 2.23. The van der Waals surface area contributed by atoms with Crippen LogP contribution in [0.5, 0.6) is 0 Å². The Balaban J connectivity index is 3.27. The van der Waals surface area contributed by atoms with Gasteiger partial charge in [-0.3, -0.25) is 0 Å². The smallest absolute Gasteiger partial charge is 0.212 e. The van der Waals surface area contributed by atoms with Gasteiger partial charge in [0.1, 0.15) is 0 Å². The number of benzene rings is 1. The molecule has 0 atom stereocenters. The topological polar surface area (TPSA) is 34.1 Å². The summed E-state index contributed by atoms with van der Waals surface area (Å²) in [6.45, 7) is 3.59.